The molecule has 0 atom stereocenters. The van der Waals surface area contributed by atoms with E-state index in [4.69, 9.17) is 11.6 Å². The molecule has 1 aliphatic rings. The number of hydrogen-bond acceptors (Lipinski definition) is 4. The Balaban J connectivity index is 1.45. The summed E-state index contributed by atoms with van der Waals surface area (Å²) >= 11 is 7.17. The van der Waals surface area contributed by atoms with Crippen molar-refractivity contribution in [1.29, 1.82) is 0 Å². The molecule has 1 heterocycles. The largest absolute Gasteiger partial charge is 0.298 e. The number of aryl methyl sites for hydroxylation is 2. The highest BCUT2D eigenvalue weighted by molar-refractivity contribution is 7.99. The average Bonchev–Trinajstić information content (AvgIpc) is 3.28. The van der Waals surface area contributed by atoms with Gasteiger partial charge in [0.2, 0.25) is 0 Å². The van der Waals surface area contributed by atoms with Gasteiger partial charge in [-0.15, -0.1) is 0 Å². The second-order valence-electron chi connectivity index (χ2n) is 8.11. The van der Waals surface area contributed by atoms with E-state index in [2.05, 4.69) is 17.1 Å². The Morgan fingerprint density at radius 1 is 1.06 bits per heavy atom. The number of carbonyl (C=O) groups is 1. The minimum absolute atomic E-state index is 0.0454. The molecule has 33 heavy (non-hydrogen) atoms. The Morgan fingerprint density at radius 3 is 2.73 bits per heavy atom. The van der Waals surface area contributed by atoms with E-state index >= 15 is 0 Å². The molecular weight excluding hydrogens is 459 g/mol. The maximum atomic E-state index is 13.7. The molecule has 0 aliphatic heterocycles. The van der Waals surface area contributed by atoms with Gasteiger partial charge in [-0.05, 0) is 66.3 Å². The molecule has 7 heteroatoms. The fourth-order valence-electron chi connectivity index (χ4n) is 4.22. The lowest BCUT2D eigenvalue weighted by molar-refractivity contribution is -0.116. The van der Waals surface area contributed by atoms with Crippen LogP contribution < -0.4 is 5.56 Å². The van der Waals surface area contributed by atoms with Crippen molar-refractivity contribution in [3.05, 3.63) is 98.5 Å². The predicted octanol–water partition coefficient (Wildman–Crippen LogP) is 5.57. The standard InChI is InChI=1S/C26H20ClFN2O2S/c27-22-14-19(10-11-23(22)28)30-25(32)21-6-1-2-7-24(21)29-26(30)33-15-20(31)13-16-8-9-17-4-3-5-18(17)12-16/h1-2,6-12,14H,3-5,13,15H2. The Hall–Kier alpha value is -2.96. The van der Waals surface area contributed by atoms with Gasteiger partial charge in [0.1, 0.15) is 11.6 Å². The van der Waals surface area contributed by atoms with Gasteiger partial charge in [-0.25, -0.2) is 9.37 Å². The first-order valence-electron chi connectivity index (χ1n) is 10.7. The molecule has 0 bridgehead atoms. The second-order valence-corrected chi connectivity index (χ2v) is 9.46. The van der Waals surface area contributed by atoms with Gasteiger partial charge in [0, 0.05) is 6.42 Å². The van der Waals surface area contributed by atoms with Crippen LogP contribution in [-0.2, 0) is 24.1 Å². The monoisotopic (exact) mass is 478 g/mol. The summed E-state index contributed by atoms with van der Waals surface area (Å²) < 4.78 is 15.1. The van der Waals surface area contributed by atoms with Crippen LogP contribution in [0.5, 0.6) is 0 Å². The number of benzene rings is 3. The summed E-state index contributed by atoms with van der Waals surface area (Å²) in [6.45, 7) is 0. The molecule has 1 aromatic heterocycles. The summed E-state index contributed by atoms with van der Waals surface area (Å²) in [5.74, 6) is -0.360. The van der Waals surface area contributed by atoms with E-state index in [1.54, 1.807) is 24.3 Å². The van der Waals surface area contributed by atoms with Crippen LogP contribution in [-0.4, -0.2) is 21.1 Å². The Kier molecular flexibility index (Phi) is 6.04. The summed E-state index contributed by atoms with van der Waals surface area (Å²) in [5, 5.41) is 0.714. The van der Waals surface area contributed by atoms with Crippen molar-refractivity contribution >= 4 is 40.0 Å². The van der Waals surface area contributed by atoms with Gasteiger partial charge >= 0.3 is 0 Å². The third-order valence-electron chi connectivity index (χ3n) is 5.83. The van der Waals surface area contributed by atoms with E-state index in [1.807, 2.05) is 6.07 Å². The lowest BCUT2D eigenvalue weighted by Crippen LogP contribution is -2.22. The number of aromatic nitrogens is 2. The molecule has 0 radical (unpaired) electrons. The Bertz CT molecular complexity index is 1450. The van der Waals surface area contributed by atoms with Crippen LogP contribution in [0, 0.1) is 5.82 Å². The number of nitrogens with zero attached hydrogens (tertiary/aromatic N) is 2. The zero-order valence-corrected chi connectivity index (χ0v) is 19.3. The fourth-order valence-corrected chi connectivity index (χ4v) is 5.27. The van der Waals surface area contributed by atoms with Crippen molar-refractivity contribution in [2.45, 2.75) is 30.8 Å². The molecule has 4 aromatic rings. The molecule has 0 amide bonds. The van der Waals surface area contributed by atoms with E-state index in [9.17, 15) is 14.0 Å². The summed E-state index contributed by atoms with van der Waals surface area (Å²) in [6.07, 6.45) is 3.68. The van der Waals surface area contributed by atoms with Crippen molar-refractivity contribution in [1.82, 2.24) is 9.55 Å². The van der Waals surface area contributed by atoms with E-state index < -0.39 is 5.82 Å². The number of hydrogen-bond donors (Lipinski definition) is 0. The van der Waals surface area contributed by atoms with Crippen LogP contribution in [0.3, 0.4) is 0 Å². The minimum Gasteiger partial charge on any atom is -0.298 e. The molecule has 1 aliphatic carbocycles. The molecule has 0 spiro atoms. The number of halogens is 2. The number of fused-ring (bicyclic) bond motifs is 2. The van der Waals surface area contributed by atoms with Gasteiger partial charge < -0.3 is 0 Å². The SMILES string of the molecule is O=C(CSc1nc2ccccc2c(=O)n1-c1ccc(F)c(Cl)c1)Cc1ccc2c(c1)CCC2. The van der Waals surface area contributed by atoms with Gasteiger partial charge in [0.25, 0.3) is 5.56 Å². The van der Waals surface area contributed by atoms with Gasteiger partial charge in [-0.3, -0.25) is 14.2 Å². The highest BCUT2D eigenvalue weighted by Gasteiger charge is 2.17. The first-order chi connectivity index (χ1) is 16.0. The van der Waals surface area contributed by atoms with Crippen molar-refractivity contribution < 1.29 is 9.18 Å². The first kappa shape index (κ1) is 21.9. The van der Waals surface area contributed by atoms with Gasteiger partial charge in [-0.2, -0.15) is 0 Å². The zero-order chi connectivity index (χ0) is 22.9. The predicted molar refractivity (Wildman–Crippen MR) is 130 cm³/mol. The quantitative estimate of drug-likeness (QED) is 0.268. The molecule has 0 unspecified atom stereocenters. The van der Waals surface area contributed by atoms with E-state index in [1.165, 1.54) is 52.1 Å². The van der Waals surface area contributed by atoms with Crippen LogP contribution in [0.25, 0.3) is 16.6 Å². The van der Waals surface area contributed by atoms with E-state index in [0.29, 0.717) is 28.2 Å². The summed E-state index contributed by atoms with van der Waals surface area (Å²) in [7, 11) is 0. The summed E-state index contributed by atoms with van der Waals surface area (Å²) in [4.78, 5) is 30.7. The van der Waals surface area contributed by atoms with Crippen LogP contribution in [0.2, 0.25) is 5.02 Å². The average molecular weight is 479 g/mol. The zero-order valence-electron chi connectivity index (χ0n) is 17.7. The third kappa shape index (κ3) is 4.45. The number of thioether (sulfide) groups is 1. The second kappa shape index (κ2) is 9.12. The van der Waals surface area contributed by atoms with Crippen molar-refractivity contribution in [3.63, 3.8) is 0 Å². The number of Topliss-reactive ketones (excluding diaryl/α,β-unsaturated/α-hetero) is 1. The van der Waals surface area contributed by atoms with Crippen LogP contribution in [0.15, 0.2) is 70.6 Å². The highest BCUT2D eigenvalue weighted by atomic mass is 35.5. The van der Waals surface area contributed by atoms with Crippen molar-refractivity contribution in [3.8, 4) is 5.69 Å². The molecule has 166 valence electrons. The summed E-state index contributed by atoms with van der Waals surface area (Å²) in [5.41, 5.74) is 4.38. The molecule has 0 fully saturated rings. The molecule has 0 saturated carbocycles. The van der Waals surface area contributed by atoms with E-state index in [0.717, 1.165) is 18.4 Å². The topological polar surface area (TPSA) is 52.0 Å². The van der Waals surface area contributed by atoms with Gasteiger partial charge in [0.15, 0.2) is 5.16 Å². The number of para-hydroxylation sites is 1. The number of ketones is 1. The normalized spacial score (nSPS) is 12.8. The minimum atomic E-state index is -0.569. The number of rotatable bonds is 6. The highest BCUT2D eigenvalue weighted by Crippen LogP contribution is 2.26. The third-order valence-corrected chi connectivity index (χ3v) is 7.12. The molecule has 0 saturated heterocycles. The van der Waals surface area contributed by atoms with Crippen molar-refractivity contribution in [2.75, 3.05) is 5.75 Å². The summed E-state index contributed by atoms with van der Waals surface area (Å²) in [6, 6.07) is 17.4. The number of carbonyl (C=O) groups excluding carboxylic acids is 1. The van der Waals surface area contributed by atoms with Crippen molar-refractivity contribution in [2.24, 2.45) is 0 Å². The van der Waals surface area contributed by atoms with E-state index in [-0.39, 0.29) is 22.1 Å². The Morgan fingerprint density at radius 2 is 1.88 bits per heavy atom. The van der Waals surface area contributed by atoms with Crippen LogP contribution in [0.4, 0.5) is 4.39 Å². The molecule has 0 N–H and O–H groups in total. The lowest BCUT2D eigenvalue weighted by Gasteiger charge is -2.13. The maximum absolute atomic E-state index is 13.7. The van der Waals surface area contributed by atoms with Gasteiger partial charge in [-0.1, -0.05) is 53.7 Å². The van der Waals surface area contributed by atoms with Crippen LogP contribution >= 0.6 is 23.4 Å². The maximum Gasteiger partial charge on any atom is 0.266 e. The molecule has 4 nitrogen and oxygen atoms in total. The lowest BCUT2D eigenvalue weighted by atomic mass is 10.0. The fraction of sp³-hybridized carbons (Fsp3) is 0.192. The van der Waals surface area contributed by atoms with Gasteiger partial charge in [0.05, 0.1) is 27.4 Å². The molecule has 3 aromatic carbocycles. The smallest absolute Gasteiger partial charge is 0.266 e. The first-order valence-corrected chi connectivity index (χ1v) is 12.1. The Labute approximate surface area is 199 Å². The van der Waals surface area contributed by atoms with Crippen LogP contribution in [0.1, 0.15) is 23.1 Å². The molecule has 5 rings (SSSR count). The molecular formula is C26H20ClFN2O2S.